The van der Waals surface area contributed by atoms with Crippen LogP contribution in [0.2, 0.25) is 0 Å². The van der Waals surface area contributed by atoms with Gasteiger partial charge in [0.05, 0.1) is 20.7 Å². The van der Waals surface area contributed by atoms with Gasteiger partial charge in [-0.2, -0.15) is 0 Å². The van der Waals surface area contributed by atoms with Crippen molar-refractivity contribution in [3.8, 4) is 5.75 Å². The normalized spacial score (nSPS) is 22.5. The molecule has 0 bridgehead atoms. The van der Waals surface area contributed by atoms with Gasteiger partial charge in [0.1, 0.15) is 11.4 Å². The highest BCUT2D eigenvalue weighted by atomic mass is 79.9. The van der Waals surface area contributed by atoms with Crippen LogP contribution in [0.1, 0.15) is 31.1 Å². The first-order valence-corrected chi connectivity index (χ1v) is 10.00. The summed E-state index contributed by atoms with van der Waals surface area (Å²) in [5, 5.41) is 10.5. The van der Waals surface area contributed by atoms with Crippen molar-refractivity contribution in [2.75, 3.05) is 0 Å². The largest absolute Gasteiger partial charge is 0.486 e. The minimum atomic E-state index is -3.64. The molecule has 128 valence electrons. The van der Waals surface area contributed by atoms with Crippen LogP contribution >= 0.6 is 15.9 Å². The Labute approximate surface area is 150 Å². The van der Waals surface area contributed by atoms with Crippen LogP contribution < -0.4 is 4.74 Å². The molecule has 0 aromatic heterocycles. The average Bonchev–Trinajstić information content (AvgIpc) is 2.52. The molecule has 6 heteroatoms. The number of aryl methyl sites for hydroxylation is 1. The summed E-state index contributed by atoms with van der Waals surface area (Å²) >= 11 is 3.45. The van der Waals surface area contributed by atoms with Crippen LogP contribution in [-0.2, 0) is 9.84 Å². The van der Waals surface area contributed by atoms with Crippen LogP contribution in [0.5, 0.6) is 5.75 Å². The fraction of sp³-hybridized carbons (Fsp3) is 0.333. The van der Waals surface area contributed by atoms with Crippen LogP contribution in [0.15, 0.2) is 52.3 Å². The molecule has 0 radical (unpaired) electrons. The molecule has 1 aliphatic rings. The predicted octanol–water partition coefficient (Wildman–Crippen LogP) is 3.80. The molecule has 2 atom stereocenters. The first-order valence-electron chi connectivity index (χ1n) is 7.60. The lowest BCUT2D eigenvalue weighted by atomic mass is 9.91. The van der Waals surface area contributed by atoms with E-state index >= 15 is 0 Å². The topological polar surface area (TPSA) is 63.6 Å². The maximum atomic E-state index is 12.8. The smallest absolute Gasteiger partial charge is 0.206 e. The lowest BCUT2D eigenvalue weighted by molar-refractivity contribution is 0.0223. The molecule has 3 rings (SSSR count). The summed E-state index contributed by atoms with van der Waals surface area (Å²) in [7, 11) is -3.64. The lowest BCUT2D eigenvalue weighted by Crippen LogP contribution is -2.45. The van der Waals surface area contributed by atoms with Gasteiger partial charge in [-0.3, -0.25) is 0 Å². The van der Waals surface area contributed by atoms with Crippen LogP contribution in [0.3, 0.4) is 0 Å². The number of halogens is 1. The summed E-state index contributed by atoms with van der Waals surface area (Å²) in [6.45, 7) is 5.64. The number of benzene rings is 2. The summed E-state index contributed by atoms with van der Waals surface area (Å²) in [5.41, 5.74) is 0.876. The number of rotatable bonds is 2. The zero-order chi connectivity index (χ0) is 17.7. The number of ether oxygens (including phenoxy) is 1. The summed E-state index contributed by atoms with van der Waals surface area (Å²) < 4.78 is 31.5. The van der Waals surface area contributed by atoms with E-state index in [1.54, 1.807) is 30.3 Å². The summed E-state index contributed by atoms with van der Waals surface area (Å²) in [4.78, 5) is 0.0389. The third kappa shape index (κ3) is 2.87. The quantitative estimate of drug-likeness (QED) is 0.764. The summed E-state index contributed by atoms with van der Waals surface area (Å²) in [6, 6.07) is 11.3. The Bertz CT molecular complexity index is 872. The van der Waals surface area contributed by atoms with E-state index in [-0.39, 0.29) is 14.6 Å². The highest BCUT2D eigenvalue weighted by Gasteiger charge is 2.42. The minimum absolute atomic E-state index is 0.146. The van der Waals surface area contributed by atoms with E-state index in [2.05, 4.69) is 15.9 Å². The van der Waals surface area contributed by atoms with Crippen molar-refractivity contribution in [1.29, 1.82) is 0 Å². The van der Waals surface area contributed by atoms with Crippen molar-refractivity contribution < 1.29 is 18.3 Å². The Kier molecular flexibility index (Phi) is 4.26. The maximum absolute atomic E-state index is 12.8. The molecule has 0 fully saturated rings. The van der Waals surface area contributed by atoms with E-state index in [0.717, 1.165) is 5.56 Å². The first kappa shape index (κ1) is 17.5. The second kappa shape index (κ2) is 5.86. The van der Waals surface area contributed by atoms with Crippen molar-refractivity contribution in [2.45, 2.75) is 47.1 Å². The van der Waals surface area contributed by atoms with Crippen LogP contribution in [-0.4, -0.2) is 24.0 Å². The SMILES string of the molecule is Cc1ccc(S(=O)(=O)c2ccc3c(c2)C(O)C(Br)C(C)(C)O3)cc1. The van der Waals surface area contributed by atoms with Crippen molar-refractivity contribution in [1.82, 2.24) is 0 Å². The molecule has 2 aromatic rings. The van der Waals surface area contributed by atoms with E-state index < -0.39 is 21.5 Å². The molecule has 0 saturated heterocycles. The average molecular weight is 411 g/mol. The molecule has 2 aromatic carbocycles. The molecule has 4 nitrogen and oxygen atoms in total. The predicted molar refractivity (Wildman–Crippen MR) is 95.5 cm³/mol. The molecule has 0 saturated carbocycles. The number of aliphatic hydroxyl groups is 1. The molecular weight excluding hydrogens is 392 g/mol. The van der Waals surface area contributed by atoms with Gasteiger partial charge >= 0.3 is 0 Å². The Hall–Kier alpha value is -1.37. The third-order valence-electron chi connectivity index (χ3n) is 4.26. The molecular formula is C18H19BrO4S. The molecule has 0 aliphatic carbocycles. The monoisotopic (exact) mass is 410 g/mol. The number of sulfone groups is 1. The van der Waals surface area contributed by atoms with Gasteiger partial charge < -0.3 is 9.84 Å². The zero-order valence-corrected chi connectivity index (χ0v) is 16.1. The van der Waals surface area contributed by atoms with E-state index in [0.29, 0.717) is 11.3 Å². The van der Waals surface area contributed by atoms with Crippen LogP contribution in [0, 0.1) is 6.92 Å². The Morgan fingerprint density at radius 2 is 1.67 bits per heavy atom. The zero-order valence-electron chi connectivity index (χ0n) is 13.7. The molecule has 0 amide bonds. The van der Waals surface area contributed by atoms with Crippen LogP contribution in [0.25, 0.3) is 0 Å². The third-order valence-corrected chi connectivity index (χ3v) is 7.63. The first-order chi connectivity index (χ1) is 11.1. The van der Waals surface area contributed by atoms with E-state index in [9.17, 15) is 13.5 Å². The second-order valence-corrected chi connectivity index (χ2v) is 9.50. The Balaban J connectivity index is 2.08. The van der Waals surface area contributed by atoms with E-state index in [1.807, 2.05) is 20.8 Å². The highest BCUT2D eigenvalue weighted by molar-refractivity contribution is 9.09. The number of hydrogen-bond acceptors (Lipinski definition) is 4. The number of fused-ring (bicyclic) bond motifs is 1. The van der Waals surface area contributed by atoms with E-state index in [4.69, 9.17) is 4.74 Å². The maximum Gasteiger partial charge on any atom is 0.206 e. The molecule has 24 heavy (non-hydrogen) atoms. The minimum Gasteiger partial charge on any atom is -0.486 e. The molecule has 1 heterocycles. The van der Waals surface area contributed by atoms with Crippen molar-refractivity contribution in [2.24, 2.45) is 0 Å². The molecule has 0 spiro atoms. The lowest BCUT2D eigenvalue weighted by Gasteiger charge is -2.40. The standard InChI is InChI=1S/C18H19BrO4S/c1-11-4-6-12(7-5-11)24(21,22)13-8-9-15-14(10-13)16(20)17(19)18(2,3)23-15/h4-10,16-17,20H,1-3H3. The Morgan fingerprint density at radius 1 is 1.08 bits per heavy atom. The second-order valence-electron chi connectivity index (χ2n) is 6.57. The fourth-order valence-corrected chi connectivity index (χ4v) is 4.42. The van der Waals surface area contributed by atoms with Gasteiger partial charge in [0.25, 0.3) is 0 Å². The van der Waals surface area contributed by atoms with Gasteiger partial charge in [-0.1, -0.05) is 33.6 Å². The van der Waals surface area contributed by atoms with Gasteiger partial charge in [-0.05, 0) is 51.1 Å². The number of aliphatic hydroxyl groups excluding tert-OH is 1. The highest BCUT2D eigenvalue weighted by Crippen LogP contribution is 2.44. The van der Waals surface area contributed by atoms with Crippen molar-refractivity contribution >= 4 is 25.8 Å². The van der Waals surface area contributed by atoms with Gasteiger partial charge in [-0.15, -0.1) is 0 Å². The molecule has 2 unspecified atom stereocenters. The van der Waals surface area contributed by atoms with Gasteiger partial charge in [0.2, 0.25) is 9.84 Å². The molecule has 1 aliphatic heterocycles. The number of hydrogen-bond donors (Lipinski definition) is 1. The van der Waals surface area contributed by atoms with Gasteiger partial charge in [0.15, 0.2) is 0 Å². The van der Waals surface area contributed by atoms with Crippen LogP contribution in [0.4, 0.5) is 0 Å². The summed E-state index contributed by atoms with van der Waals surface area (Å²) in [6.07, 6.45) is -0.850. The Morgan fingerprint density at radius 3 is 2.29 bits per heavy atom. The fourth-order valence-electron chi connectivity index (χ4n) is 2.75. The van der Waals surface area contributed by atoms with Crippen molar-refractivity contribution in [3.63, 3.8) is 0 Å². The molecule has 1 N–H and O–H groups in total. The number of alkyl halides is 1. The van der Waals surface area contributed by atoms with E-state index in [1.165, 1.54) is 12.1 Å². The van der Waals surface area contributed by atoms with Crippen molar-refractivity contribution in [3.05, 3.63) is 53.6 Å². The van der Waals surface area contributed by atoms with Gasteiger partial charge in [0, 0.05) is 5.56 Å². The summed E-state index contributed by atoms with van der Waals surface area (Å²) in [5.74, 6) is 0.506. The van der Waals surface area contributed by atoms with Gasteiger partial charge in [-0.25, -0.2) is 8.42 Å².